The molecule has 1 rings (SSSR count). The summed E-state index contributed by atoms with van der Waals surface area (Å²) in [6.07, 6.45) is 3.20. The van der Waals surface area contributed by atoms with Gasteiger partial charge in [-0.25, -0.2) is 4.21 Å². The topological polar surface area (TPSA) is 78.4 Å². The van der Waals surface area contributed by atoms with Crippen LogP contribution in [-0.4, -0.2) is 21.2 Å². The van der Waals surface area contributed by atoms with Crippen LogP contribution in [-0.2, 0) is 11.3 Å². The zero-order chi connectivity index (χ0) is 13.4. The number of anilines is 1. The summed E-state index contributed by atoms with van der Waals surface area (Å²) < 4.78 is 21.5. The third-order valence-corrected chi connectivity index (χ3v) is 2.83. The SMILES string of the molecule is CCCCCNC(=O)c1ccc(NS(=O)O)cc1. The molecule has 3 N–H and O–H groups in total. The van der Waals surface area contributed by atoms with Crippen molar-refractivity contribution >= 4 is 22.9 Å². The van der Waals surface area contributed by atoms with Crippen molar-refractivity contribution in [2.45, 2.75) is 26.2 Å². The molecule has 6 heteroatoms. The summed E-state index contributed by atoms with van der Waals surface area (Å²) in [4.78, 5) is 11.7. The van der Waals surface area contributed by atoms with E-state index in [1.807, 2.05) is 0 Å². The molecule has 0 spiro atoms. The first-order valence-electron chi connectivity index (χ1n) is 5.89. The number of rotatable bonds is 7. The third-order valence-electron chi connectivity index (χ3n) is 2.42. The minimum absolute atomic E-state index is 0.122. The van der Waals surface area contributed by atoms with E-state index >= 15 is 0 Å². The summed E-state index contributed by atoms with van der Waals surface area (Å²) in [5.74, 6) is -0.122. The van der Waals surface area contributed by atoms with E-state index in [4.69, 9.17) is 4.55 Å². The number of carbonyl (C=O) groups is 1. The minimum atomic E-state index is -2.09. The van der Waals surface area contributed by atoms with E-state index in [1.165, 1.54) is 0 Å². The van der Waals surface area contributed by atoms with Crippen molar-refractivity contribution in [2.75, 3.05) is 11.3 Å². The minimum Gasteiger partial charge on any atom is -0.352 e. The van der Waals surface area contributed by atoms with Gasteiger partial charge in [0.1, 0.15) is 0 Å². The number of unbranched alkanes of at least 4 members (excludes halogenated alkanes) is 2. The lowest BCUT2D eigenvalue weighted by Crippen LogP contribution is -2.24. The summed E-state index contributed by atoms with van der Waals surface area (Å²) in [6, 6.07) is 6.42. The van der Waals surface area contributed by atoms with Crippen LogP contribution in [0.1, 0.15) is 36.5 Å². The van der Waals surface area contributed by atoms with Crippen molar-refractivity contribution in [3.8, 4) is 0 Å². The molecule has 0 aromatic heterocycles. The summed E-state index contributed by atoms with van der Waals surface area (Å²) in [7, 11) is 0. The monoisotopic (exact) mass is 270 g/mol. The van der Waals surface area contributed by atoms with Gasteiger partial charge in [-0.3, -0.25) is 14.1 Å². The summed E-state index contributed by atoms with van der Waals surface area (Å²) in [5.41, 5.74) is 1.04. The molecule has 5 nitrogen and oxygen atoms in total. The molecule has 0 aliphatic heterocycles. The fourth-order valence-corrected chi connectivity index (χ4v) is 1.81. The van der Waals surface area contributed by atoms with Crippen LogP contribution in [0.4, 0.5) is 5.69 Å². The van der Waals surface area contributed by atoms with Crippen molar-refractivity contribution in [3.63, 3.8) is 0 Å². The number of hydrogen-bond acceptors (Lipinski definition) is 2. The Hall–Kier alpha value is -1.40. The maximum atomic E-state index is 11.7. The van der Waals surface area contributed by atoms with Crippen molar-refractivity contribution in [1.82, 2.24) is 5.32 Å². The average Bonchev–Trinajstić information content (AvgIpc) is 2.34. The number of nitrogens with one attached hydrogen (secondary N) is 2. The molecule has 0 aliphatic rings. The molecule has 0 bridgehead atoms. The van der Waals surface area contributed by atoms with Crippen LogP contribution in [0.25, 0.3) is 0 Å². The molecule has 1 unspecified atom stereocenters. The summed E-state index contributed by atoms with van der Waals surface area (Å²) in [5, 5.41) is 2.83. The van der Waals surface area contributed by atoms with Crippen LogP contribution in [0.2, 0.25) is 0 Å². The largest absolute Gasteiger partial charge is 0.352 e. The Bertz CT molecular complexity index is 406. The van der Waals surface area contributed by atoms with Gasteiger partial charge in [-0.2, -0.15) is 0 Å². The van der Waals surface area contributed by atoms with Gasteiger partial charge in [0.05, 0.1) is 0 Å². The summed E-state index contributed by atoms with van der Waals surface area (Å²) >= 11 is -2.09. The van der Waals surface area contributed by atoms with Gasteiger partial charge < -0.3 is 5.32 Å². The molecule has 0 fully saturated rings. The van der Waals surface area contributed by atoms with E-state index in [0.29, 0.717) is 17.8 Å². The molecule has 1 aromatic carbocycles. The van der Waals surface area contributed by atoms with E-state index in [2.05, 4.69) is 17.0 Å². The molecule has 1 atom stereocenters. The van der Waals surface area contributed by atoms with Gasteiger partial charge in [0.2, 0.25) is 0 Å². The fraction of sp³-hybridized carbons (Fsp3) is 0.417. The lowest BCUT2D eigenvalue weighted by molar-refractivity contribution is 0.0953. The van der Waals surface area contributed by atoms with E-state index < -0.39 is 11.3 Å². The first-order valence-corrected chi connectivity index (χ1v) is 7.00. The van der Waals surface area contributed by atoms with Crippen molar-refractivity contribution in [1.29, 1.82) is 0 Å². The fourth-order valence-electron chi connectivity index (χ4n) is 1.47. The molecular weight excluding hydrogens is 252 g/mol. The maximum absolute atomic E-state index is 11.7. The highest BCUT2D eigenvalue weighted by Crippen LogP contribution is 2.09. The van der Waals surface area contributed by atoms with Gasteiger partial charge in [0.25, 0.3) is 17.2 Å². The molecule has 0 heterocycles. The standard InChI is InChI=1S/C12H18N2O3S/c1-2-3-4-9-13-12(15)10-5-7-11(8-6-10)14-18(16)17/h5-8,14H,2-4,9H2,1H3,(H,13,15)(H,16,17). The van der Waals surface area contributed by atoms with Gasteiger partial charge in [0.15, 0.2) is 0 Å². The quantitative estimate of drug-likeness (QED) is 0.525. The molecule has 1 amide bonds. The second-order valence-corrected chi connectivity index (χ2v) is 4.59. The lowest BCUT2D eigenvalue weighted by Gasteiger charge is -2.06. The molecule has 0 radical (unpaired) electrons. The molecule has 0 aliphatic carbocycles. The summed E-state index contributed by atoms with van der Waals surface area (Å²) in [6.45, 7) is 2.78. The highest BCUT2D eigenvalue weighted by Gasteiger charge is 2.04. The molecule has 18 heavy (non-hydrogen) atoms. The van der Waals surface area contributed by atoms with Crippen LogP contribution in [0.15, 0.2) is 24.3 Å². The third kappa shape index (κ3) is 5.29. The Morgan fingerprint density at radius 3 is 2.50 bits per heavy atom. The number of carbonyl (C=O) groups excluding carboxylic acids is 1. The molecule has 1 aromatic rings. The predicted octanol–water partition coefficient (Wildman–Crippen LogP) is 2.16. The number of amides is 1. The van der Waals surface area contributed by atoms with Crippen LogP contribution in [0.3, 0.4) is 0 Å². The second-order valence-electron chi connectivity index (χ2n) is 3.89. The normalized spacial score (nSPS) is 11.9. The molecule has 0 saturated carbocycles. The Balaban J connectivity index is 2.46. The lowest BCUT2D eigenvalue weighted by atomic mass is 10.2. The van der Waals surface area contributed by atoms with E-state index in [1.54, 1.807) is 24.3 Å². The van der Waals surface area contributed by atoms with E-state index in [0.717, 1.165) is 19.3 Å². The zero-order valence-electron chi connectivity index (χ0n) is 10.3. The molecular formula is C12H18N2O3S. The van der Waals surface area contributed by atoms with Gasteiger partial charge >= 0.3 is 0 Å². The van der Waals surface area contributed by atoms with Gasteiger partial charge in [0, 0.05) is 17.8 Å². The van der Waals surface area contributed by atoms with Crippen molar-refractivity contribution < 1.29 is 13.6 Å². The molecule has 100 valence electrons. The average molecular weight is 270 g/mol. The van der Waals surface area contributed by atoms with Crippen LogP contribution < -0.4 is 10.0 Å². The number of benzene rings is 1. The first-order chi connectivity index (χ1) is 8.63. The highest BCUT2D eigenvalue weighted by atomic mass is 32.2. The molecule has 0 saturated heterocycles. The van der Waals surface area contributed by atoms with Crippen molar-refractivity contribution in [3.05, 3.63) is 29.8 Å². The Labute approximate surface area is 109 Å². The smallest absolute Gasteiger partial charge is 0.259 e. The van der Waals surface area contributed by atoms with Gasteiger partial charge in [-0.05, 0) is 30.7 Å². The second kappa shape index (κ2) is 7.84. The highest BCUT2D eigenvalue weighted by molar-refractivity contribution is 7.80. The maximum Gasteiger partial charge on any atom is 0.259 e. The van der Waals surface area contributed by atoms with Crippen molar-refractivity contribution in [2.24, 2.45) is 0 Å². The van der Waals surface area contributed by atoms with Gasteiger partial charge in [-0.15, -0.1) is 0 Å². The zero-order valence-corrected chi connectivity index (χ0v) is 11.1. The van der Waals surface area contributed by atoms with Crippen LogP contribution in [0, 0.1) is 0 Å². The predicted molar refractivity (Wildman–Crippen MR) is 72.7 cm³/mol. The van der Waals surface area contributed by atoms with Crippen LogP contribution >= 0.6 is 0 Å². The Kier molecular flexibility index (Phi) is 6.38. The van der Waals surface area contributed by atoms with Crippen LogP contribution in [0.5, 0.6) is 0 Å². The van der Waals surface area contributed by atoms with E-state index in [-0.39, 0.29) is 5.91 Å². The Morgan fingerprint density at radius 1 is 1.28 bits per heavy atom. The first kappa shape index (κ1) is 14.7. The number of hydrogen-bond donors (Lipinski definition) is 3. The van der Waals surface area contributed by atoms with Gasteiger partial charge in [-0.1, -0.05) is 19.8 Å². The Morgan fingerprint density at radius 2 is 1.94 bits per heavy atom. The van der Waals surface area contributed by atoms with E-state index in [9.17, 15) is 9.00 Å².